The van der Waals surface area contributed by atoms with Gasteiger partial charge in [-0.05, 0) is 57.3 Å². The molecule has 0 unspecified atom stereocenters. The van der Waals surface area contributed by atoms with E-state index in [2.05, 4.69) is 17.1 Å². The van der Waals surface area contributed by atoms with Gasteiger partial charge in [0, 0.05) is 31.1 Å². The van der Waals surface area contributed by atoms with Gasteiger partial charge in [0.05, 0.1) is 0 Å². The molecule has 3 rings (SSSR count). The van der Waals surface area contributed by atoms with Gasteiger partial charge >= 0.3 is 0 Å². The number of carbonyl (C=O) groups excluding carboxylic acids is 1. The van der Waals surface area contributed by atoms with Crippen LogP contribution < -0.4 is 5.32 Å². The molecule has 20 heavy (non-hydrogen) atoms. The van der Waals surface area contributed by atoms with Crippen molar-refractivity contribution in [1.82, 2.24) is 10.2 Å². The first kappa shape index (κ1) is 14.4. The lowest BCUT2D eigenvalue weighted by atomic mass is 9.84. The molecule has 3 nitrogen and oxygen atoms in total. The number of likely N-dealkylation sites (tertiary alicyclic amines) is 1. The van der Waals surface area contributed by atoms with Crippen LogP contribution in [0.4, 0.5) is 0 Å². The van der Waals surface area contributed by atoms with E-state index < -0.39 is 0 Å². The average Bonchev–Trinajstić information content (AvgIpc) is 3.33. The average molecular weight is 278 g/mol. The first-order valence-corrected chi connectivity index (χ1v) is 8.81. The molecule has 0 radical (unpaired) electrons. The summed E-state index contributed by atoms with van der Waals surface area (Å²) in [6.45, 7) is 4.29. The van der Waals surface area contributed by atoms with Crippen LogP contribution in [0.25, 0.3) is 0 Å². The maximum Gasteiger partial charge on any atom is 0.225 e. The molecule has 0 bridgehead atoms. The monoisotopic (exact) mass is 278 g/mol. The van der Waals surface area contributed by atoms with Gasteiger partial charge in [0.2, 0.25) is 5.91 Å². The second kappa shape index (κ2) is 6.46. The van der Waals surface area contributed by atoms with Gasteiger partial charge in [-0.3, -0.25) is 4.79 Å². The molecule has 0 aromatic heterocycles. The SMILES string of the molecule is CCC1CCC(NC2CCN(C(=O)C3CC3)CC2)CC1. The molecule has 0 aromatic carbocycles. The fourth-order valence-corrected chi connectivity index (χ4v) is 3.93. The van der Waals surface area contributed by atoms with Crippen LogP contribution in [-0.4, -0.2) is 36.0 Å². The summed E-state index contributed by atoms with van der Waals surface area (Å²) < 4.78 is 0. The molecule has 2 aliphatic carbocycles. The van der Waals surface area contributed by atoms with E-state index in [1.807, 2.05) is 0 Å². The maximum absolute atomic E-state index is 12.0. The van der Waals surface area contributed by atoms with Crippen molar-refractivity contribution in [2.45, 2.75) is 76.8 Å². The van der Waals surface area contributed by atoms with Crippen molar-refractivity contribution < 1.29 is 4.79 Å². The van der Waals surface area contributed by atoms with Crippen molar-refractivity contribution in [1.29, 1.82) is 0 Å². The second-order valence-electron chi connectivity index (χ2n) is 7.17. The molecule has 3 fully saturated rings. The quantitative estimate of drug-likeness (QED) is 0.857. The summed E-state index contributed by atoms with van der Waals surface area (Å²) in [5.41, 5.74) is 0. The van der Waals surface area contributed by atoms with Crippen LogP contribution in [0.5, 0.6) is 0 Å². The van der Waals surface area contributed by atoms with Gasteiger partial charge in [-0.15, -0.1) is 0 Å². The van der Waals surface area contributed by atoms with E-state index in [4.69, 9.17) is 0 Å². The highest BCUT2D eigenvalue weighted by Gasteiger charge is 2.35. The highest BCUT2D eigenvalue weighted by molar-refractivity contribution is 5.81. The molecule has 1 aliphatic heterocycles. The van der Waals surface area contributed by atoms with Crippen molar-refractivity contribution in [3.05, 3.63) is 0 Å². The first-order chi connectivity index (χ1) is 9.76. The minimum atomic E-state index is 0.392. The third kappa shape index (κ3) is 3.55. The Balaban J connectivity index is 1.37. The van der Waals surface area contributed by atoms with E-state index in [0.29, 0.717) is 17.9 Å². The predicted octanol–water partition coefficient (Wildman–Crippen LogP) is 2.95. The third-order valence-corrected chi connectivity index (χ3v) is 5.63. The molecule has 2 saturated carbocycles. The van der Waals surface area contributed by atoms with Gasteiger partial charge in [-0.25, -0.2) is 0 Å². The Morgan fingerprint density at radius 1 is 0.950 bits per heavy atom. The van der Waals surface area contributed by atoms with Crippen molar-refractivity contribution in [2.24, 2.45) is 11.8 Å². The Bertz CT molecular complexity index is 324. The Kier molecular flexibility index (Phi) is 4.65. The molecule has 3 heteroatoms. The van der Waals surface area contributed by atoms with E-state index in [1.165, 1.54) is 32.1 Å². The molecule has 1 N–H and O–H groups in total. The van der Waals surface area contributed by atoms with Gasteiger partial charge in [0.15, 0.2) is 0 Å². The summed E-state index contributed by atoms with van der Waals surface area (Å²) in [6.07, 6.45) is 11.5. The van der Waals surface area contributed by atoms with E-state index >= 15 is 0 Å². The topological polar surface area (TPSA) is 32.3 Å². The van der Waals surface area contributed by atoms with Gasteiger partial charge in [0.1, 0.15) is 0 Å². The van der Waals surface area contributed by atoms with E-state index in [0.717, 1.165) is 50.7 Å². The number of carbonyl (C=O) groups is 1. The van der Waals surface area contributed by atoms with Crippen LogP contribution in [-0.2, 0) is 4.79 Å². The highest BCUT2D eigenvalue weighted by Crippen LogP contribution is 2.32. The lowest BCUT2D eigenvalue weighted by molar-refractivity contribution is -0.133. The molecule has 1 saturated heterocycles. The van der Waals surface area contributed by atoms with Crippen molar-refractivity contribution >= 4 is 5.91 Å². The summed E-state index contributed by atoms with van der Waals surface area (Å²) in [5.74, 6) is 1.81. The maximum atomic E-state index is 12.0. The standard InChI is InChI=1S/C17H30N2O/c1-2-13-3-7-15(8-4-13)18-16-9-11-19(12-10-16)17(20)14-5-6-14/h13-16,18H,2-12H2,1H3. The van der Waals surface area contributed by atoms with Crippen LogP contribution in [0.1, 0.15) is 64.7 Å². The number of hydrogen-bond acceptors (Lipinski definition) is 2. The van der Waals surface area contributed by atoms with E-state index in [9.17, 15) is 4.79 Å². The summed E-state index contributed by atoms with van der Waals surface area (Å²) in [4.78, 5) is 14.1. The highest BCUT2D eigenvalue weighted by atomic mass is 16.2. The largest absolute Gasteiger partial charge is 0.342 e. The minimum Gasteiger partial charge on any atom is -0.342 e. The van der Waals surface area contributed by atoms with Crippen molar-refractivity contribution in [2.75, 3.05) is 13.1 Å². The molecule has 0 aromatic rings. The summed E-state index contributed by atoms with van der Waals surface area (Å²) in [5, 5.41) is 3.87. The molecule has 1 amide bonds. The zero-order chi connectivity index (χ0) is 13.9. The van der Waals surface area contributed by atoms with Gasteiger partial charge < -0.3 is 10.2 Å². The van der Waals surface area contributed by atoms with Crippen LogP contribution in [0, 0.1) is 11.8 Å². The number of hydrogen-bond donors (Lipinski definition) is 1. The normalized spacial score (nSPS) is 32.4. The molecule has 0 spiro atoms. The zero-order valence-corrected chi connectivity index (χ0v) is 12.9. The molecule has 3 aliphatic rings. The lowest BCUT2D eigenvalue weighted by Crippen LogP contribution is -2.48. The number of piperidine rings is 1. The number of nitrogens with one attached hydrogen (secondary N) is 1. The van der Waals surface area contributed by atoms with Crippen LogP contribution in [0.2, 0.25) is 0 Å². The Morgan fingerprint density at radius 3 is 2.10 bits per heavy atom. The molecular weight excluding hydrogens is 248 g/mol. The summed E-state index contributed by atoms with van der Waals surface area (Å²) in [7, 11) is 0. The Hall–Kier alpha value is -0.570. The molecule has 0 atom stereocenters. The van der Waals surface area contributed by atoms with Crippen molar-refractivity contribution in [3.63, 3.8) is 0 Å². The Morgan fingerprint density at radius 2 is 1.55 bits per heavy atom. The van der Waals surface area contributed by atoms with Gasteiger partial charge in [-0.2, -0.15) is 0 Å². The van der Waals surface area contributed by atoms with E-state index in [-0.39, 0.29) is 0 Å². The lowest BCUT2D eigenvalue weighted by Gasteiger charge is -2.36. The Labute approximate surface area is 123 Å². The van der Waals surface area contributed by atoms with Gasteiger partial charge in [-0.1, -0.05) is 13.3 Å². The van der Waals surface area contributed by atoms with E-state index in [1.54, 1.807) is 0 Å². The number of nitrogens with zero attached hydrogens (tertiary/aromatic N) is 1. The minimum absolute atomic E-state index is 0.392. The van der Waals surface area contributed by atoms with Crippen LogP contribution in [0.15, 0.2) is 0 Å². The molecular formula is C17H30N2O. The molecule has 114 valence electrons. The number of amides is 1. The van der Waals surface area contributed by atoms with Crippen molar-refractivity contribution in [3.8, 4) is 0 Å². The summed E-state index contributed by atoms with van der Waals surface area (Å²) in [6, 6.07) is 1.40. The first-order valence-electron chi connectivity index (χ1n) is 8.81. The fraction of sp³-hybridized carbons (Fsp3) is 0.941. The molecule has 1 heterocycles. The summed E-state index contributed by atoms with van der Waals surface area (Å²) >= 11 is 0. The predicted molar refractivity (Wildman–Crippen MR) is 81.5 cm³/mol. The smallest absolute Gasteiger partial charge is 0.225 e. The van der Waals surface area contributed by atoms with Crippen LogP contribution in [0.3, 0.4) is 0 Å². The van der Waals surface area contributed by atoms with Gasteiger partial charge in [0.25, 0.3) is 0 Å². The fourth-order valence-electron chi connectivity index (χ4n) is 3.93. The second-order valence-corrected chi connectivity index (χ2v) is 7.17. The zero-order valence-electron chi connectivity index (χ0n) is 12.9. The number of rotatable bonds is 4. The third-order valence-electron chi connectivity index (χ3n) is 5.63. The van der Waals surface area contributed by atoms with Crippen LogP contribution >= 0.6 is 0 Å².